The van der Waals surface area contributed by atoms with Gasteiger partial charge < -0.3 is 25.2 Å². The van der Waals surface area contributed by atoms with Crippen LogP contribution in [0.4, 0.5) is 4.79 Å². The highest BCUT2D eigenvalue weighted by Crippen LogP contribution is 2.10. The SMILES string of the molecule is C[C@H](NC(=O)[C@H](CCC(=O)O)NC(=O)OC(C)(C)C)C(=O)OC(C)(C)C. The molecular weight excluding hydrogens is 344 g/mol. The van der Waals surface area contributed by atoms with Crippen LogP contribution in [0, 0.1) is 0 Å². The number of esters is 1. The number of carbonyl (C=O) groups excluding carboxylic acids is 3. The lowest BCUT2D eigenvalue weighted by atomic mass is 10.1. The number of ether oxygens (including phenoxy) is 2. The van der Waals surface area contributed by atoms with Gasteiger partial charge in [-0.1, -0.05) is 0 Å². The molecule has 26 heavy (non-hydrogen) atoms. The fourth-order valence-electron chi connectivity index (χ4n) is 1.75. The van der Waals surface area contributed by atoms with Crippen LogP contribution < -0.4 is 10.6 Å². The Morgan fingerprint density at radius 1 is 0.923 bits per heavy atom. The van der Waals surface area contributed by atoms with Crippen molar-refractivity contribution in [1.82, 2.24) is 10.6 Å². The maximum Gasteiger partial charge on any atom is 0.408 e. The molecule has 3 N–H and O–H groups in total. The van der Waals surface area contributed by atoms with Crippen LogP contribution in [-0.2, 0) is 23.9 Å². The van der Waals surface area contributed by atoms with Crippen molar-refractivity contribution in [3.05, 3.63) is 0 Å². The van der Waals surface area contributed by atoms with Crippen LogP contribution >= 0.6 is 0 Å². The quantitative estimate of drug-likeness (QED) is 0.577. The number of aliphatic carboxylic acids is 1. The minimum Gasteiger partial charge on any atom is -0.481 e. The largest absolute Gasteiger partial charge is 0.481 e. The van der Waals surface area contributed by atoms with Gasteiger partial charge in [-0.05, 0) is 54.9 Å². The van der Waals surface area contributed by atoms with E-state index in [4.69, 9.17) is 14.6 Å². The maximum atomic E-state index is 12.4. The molecule has 0 aliphatic rings. The van der Waals surface area contributed by atoms with Gasteiger partial charge in [0.25, 0.3) is 0 Å². The zero-order chi connectivity index (χ0) is 20.7. The van der Waals surface area contributed by atoms with Gasteiger partial charge in [0.15, 0.2) is 0 Å². The molecule has 0 aromatic heterocycles. The van der Waals surface area contributed by atoms with Gasteiger partial charge in [0.1, 0.15) is 23.3 Å². The molecule has 0 fully saturated rings. The Morgan fingerprint density at radius 2 is 1.42 bits per heavy atom. The summed E-state index contributed by atoms with van der Waals surface area (Å²) in [5.41, 5.74) is -1.49. The Hall–Kier alpha value is -2.32. The molecule has 0 radical (unpaired) electrons. The first kappa shape index (κ1) is 23.7. The van der Waals surface area contributed by atoms with E-state index < -0.39 is 47.2 Å². The lowest BCUT2D eigenvalue weighted by Gasteiger charge is -2.25. The third-order valence-corrected chi connectivity index (χ3v) is 2.77. The Bertz CT molecular complexity index is 532. The summed E-state index contributed by atoms with van der Waals surface area (Å²) < 4.78 is 10.2. The second kappa shape index (κ2) is 9.40. The molecule has 0 rings (SSSR count). The lowest BCUT2D eigenvalue weighted by Crippen LogP contribution is -2.52. The van der Waals surface area contributed by atoms with Crippen molar-refractivity contribution in [2.45, 2.75) is 84.6 Å². The zero-order valence-corrected chi connectivity index (χ0v) is 16.5. The third-order valence-electron chi connectivity index (χ3n) is 2.77. The first-order valence-corrected chi connectivity index (χ1v) is 8.35. The summed E-state index contributed by atoms with van der Waals surface area (Å²) in [4.78, 5) is 47.0. The normalized spacial score (nSPS) is 14.0. The summed E-state index contributed by atoms with van der Waals surface area (Å²) >= 11 is 0. The van der Waals surface area contributed by atoms with E-state index in [1.54, 1.807) is 41.5 Å². The maximum absolute atomic E-state index is 12.4. The van der Waals surface area contributed by atoms with E-state index in [2.05, 4.69) is 10.6 Å². The summed E-state index contributed by atoms with van der Waals surface area (Å²) in [5.74, 6) is -2.45. The monoisotopic (exact) mass is 374 g/mol. The van der Waals surface area contributed by atoms with Gasteiger partial charge in [-0.15, -0.1) is 0 Å². The van der Waals surface area contributed by atoms with Crippen molar-refractivity contribution in [3.63, 3.8) is 0 Å². The molecule has 150 valence electrons. The minimum absolute atomic E-state index is 0.151. The number of alkyl carbamates (subject to hydrolysis) is 1. The van der Waals surface area contributed by atoms with Crippen LogP contribution in [0.3, 0.4) is 0 Å². The van der Waals surface area contributed by atoms with Gasteiger partial charge in [-0.2, -0.15) is 0 Å². The summed E-state index contributed by atoms with van der Waals surface area (Å²) in [6.07, 6.45) is -1.34. The molecule has 0 heterocycles. The van der Waals surface area contributed by atoms with Crippen molar-refractivity contribution in [3.8, 4) is 0 Å². The zero-order valence-electron chi connectivity index (χ0n) is 16.5. The van der Waals surface area contributed by atoms with E-state index in [1.807, 2.05) is 0 Å². The van der Waals surface area contributed by atoms with Crippen LogP contribution in [0.15, 0.2) is 0 Å². The van der Waals surface area contributed by atoms with Gasteiger partial charge >= 0.3 is 18.0 Å². The average molecular weight is 374 g/mol. The van der Waals surface area contributed by atoms with Gasteiger partial charge in [0.2, 0.25) is 5.91 Å². The molecule has 0 saturated carbocycles. The van der Waals surface area contributed by atoms with Crippen molar-refractivity contribution >= 4 is 23.9 Å². The van der Waals surface area contributed by atoms with Gasteiger partial charge in [-0.3, -0.25) is 9.59 Å². The Kier molecular flexibility index (Phi) is 8.56. The van der Waals surface area contributed by atoms with Gasteiger partial charge in [0, 0.05) is 6.42 Å². The van der Waals surface area contributed by atoms with Crippen molar-refractivity contribution < 1.29 is 33.8 Å². The number of carbonyl (C=O) groups is 4. The van der Waals surface area contributed by atoms with Crippen LogP contribution in [0.25, 0.3) is 0 Å². The molecule has 2 atom stereocenters. The molecule has 0 spiro atoms. The fraction of sp³-hybridized carbons (Fsp3) is 0.765. The molecule has 0 aromatic carbocycles. The Morgan fingerprint density at radius 3 is 1.85 bits per heavy atom. The minimum atomic E-state index is -1.16. The predicted octanol–water partition coefficient (Wildman–Crippen LogP) is 1.59. The summed E-state index contributed by atoms with van der Waals surface area (Å²) in [6.45, 7) is 11.5. The summed E-state index contributed by atoms with van der Waals surface area (Å²) in [7, 11) is 0. The molecule has 2 amide bonds. The number of hydrogen-bond acceptors (Lipinski definition) is 6. The second-order valence-corrected chi connectivity index (χ2v) is 7.89. The Labute approximate surface area is 153 Å². The molecule has 0 aliphatic carbocycles. The van der Waals surface area contributed by atoms with E-state index in [9.17, 15) is 19.2 Å². The van der Waals surface area contributed by atoms with Crippen molar-refractivity contribution in [1.29, 1.82) is 0 Å². The van der Waals surface area contributed by atoms with E-state index in [1.165, 1.54) is 6.92 Å². The first-order valence-electron chi connectivity index (χ1n) is 8.35. The van der Waals surface area contributed by atoms with Crippen LogP contribution in [0.2, 0.25) is 0 Å². The molecule has 9 nitrogen and oxygen atoms in total. The number of amides is 2. The third kappa shape index (κ3) is 11.3. The van der Waals surface area contributed by atoms with E-state index in [-0.39, 0.29) is 12.8 Å². The lowest BCUT2D eigenvalue weighted by molar-refractivity contribution is -0.158. The highest BCUT2D eigenvalue weighted by molar-refractivity contribution is 5.89. The van der Waals surface area contributed by atoms with Crippen molar-refractivity contribution in [2.75, 3.05) is 0 Å². The molecular formula is C17H30N2O7. The molecule has 9 heteroatoms. The van der Waals surface area contributed by atoms with E-state index >= 15 is 0 Å². The van der Waals surface area contributed by atoms with Gasteiger partial charge in [-0.25, -0.2) is 9.59 Å². The Balaban J connectivity index is 4.95. The molecule has 0 aromatic rings. The number of carboxylic acids is 1. The van der Waals surface area contributed by atoms with Crippen LogP contribution in [0.5, 0.6) is 0 Å². The molecule has 0 saturated heterocycles. The van der Waals surface area contributed by atoms with Crippen molar-refractivity contribution in [2.24, 2.45) is 0 Å². The van der Waals surface area contributed by atoms with Crippen LogP contribution in [-0.4, -0.2) is 52.3 Å². The van der Waals surface area contributed by atoms with E-state index in [0.717, 1.165) is 0 Å². The predicted molar refractivity (Wildman–Crippen MR) is 93.5 cm³/mol. The van der Waals surface area contributed by atoms with Gasteiger partial charge in [0.05, 0.1) is 0 Å². The standard InChI is InChI=1S/C17H30N2O7/c1-10(14(23)25-16(2,3)4)18-13(22)11(8-9-12(20)21)19-15(24)26-17(5,6)7/h10-11H,8-9H2,1-7H3,(H,18,22)(H,19,24)(H,20,21)/t10-,11-/m0/s1. The molecule has 0 bridgehead atoms. The number of rotatable bonds is 7. The molecule has 0 aliphatic heterocycles. The second-order valence-electron chi connectivity index (χ2n) is 7.89. The number of nitrogens with one attached hydrogen (secondary N) is 2. The topological polar surface area (TPSA) is 131 Å². The van der Waals surface area contributed by atoms with E-state index in [0.29, 0.717) is 0 Å². The number of hydrogen-bond donors (Lipinski definition) is 3. The number of carboxylic acid groups (broad SMARTS) is 1. The summed E-state index contributed by atoms with van der Waals surface area (Å²) in [5, 5.41) is 13.6. The smallest absolute Gasteiger partial charge is 0.408 e. The fourth-order valence-corrected chi connectivity index (χ4v) is 1.75. The highest BCUT2D eigenvalue weighted by Gasteiger charge is 2.29. The van der Waals surface area contributed by atoms with Crippen LogP contribution in [0.1, 0.15) is 61.3 Å². The first-order chi connectivity index (χ1) is 11.6. The average Bonchev–Trinajstić information content (AvgIpc) is 2.38. The summed E-state index contributed by atoms with van der Waals surface area (Å²) in [6, 6.07) is -2.12. The highest BCUT2D eigenvalue weighted by atomic mass is 16.6. The molecule has 0 unspecified atom stereocenters.